The number of phenols is 1. The third kappa shape index (κ3) is 3.44. The Bertz CT molecular complexity index is 625. The van der Waals surface area contributed by atoms with Crippen molar-refractivity contribution in [2.75, 3.05) is 19.5 Å². The second-order valence-corrected chi connectivity index (χ2v) is 4.32. The Kier molecular flexibility index (Phi) is 4.65. The van der Waals surface area contributed by atoms with Crippen LogP contribution >= 0.6 is 0 Å². The van der Waals surface area contributed by atoms with Gasteiger partial charge in [0, 0.05) is 12.1 Å². The minimum absolute atomic E-state index is 0.141. The Balaban J connectivity index is 2.15. The lowest BCUT2D eigenvalue weighted by Gasteiger charge is -2.11. The highest BCUT2D eigenvalue weighted by Gasteiger charge is 2.10. The van der Waals surface area contributed by atoms with E-state index in [-0.39, 0.29) is 11.8 Å². The number of ether oxygens (including phenoxy) is 2. The zero-order valence-corrected chi connectivity index (χ0v) is 12.0. The van der Waals surface area contributed by atoms with Gasteiger partial charge in [0.25, 0.3) is 0 Å². The average molecular weight is 290 g/mol. The van der Waals surface area contributed by atoms with Crippen LogP contribution in [-0.4, -0.2) is 34.5 Å². The summed E-state index contributed by atoms with van der Waals surface area (Å²) in [5.41, 5.74) is 1.70. The highest BCUT2D eigenvalue weighted by Crippen LogP contribution is 2.32. The summed E-state index contributed by atoms with van der Waals surface area (Å²) in [5, 5.41) is 19.7. The first kappa shape index (κ1) is 14.7. The fraction of sp³-hybridized carbons (Fsp3) is 0.286. The molecule has 7 nitrogen and oxygen atoms in total. The number of methoxy groups -OCH3 is 2. The van der Waals surface area contributed by atoms with Crippen molar-refractivity contribution in [3.8, 4) is 17.5 Å². The van der Waals surface area contributed by atoms with Crippen LogP contribution in [0.1, 0.15) is 11.1 Å². The third-order valence-electron chi connectivity index (χ3n) is 2.91. The minimum atomic E-state index is 0.141. The zero-order chi connectivity index (χ0) is 15.2. The minimum Gasteiger partial charge on any atom is -0.504 e. The molecular formula is C14H18N4O3. The zero-order valence-electron chi connectivity index (χ0n) is 12.0. The SMILES string of the molecule is C=CCc1cc(CNc2nc(OC)n[nH]2)cc(OC)c1O. The topological polar surface area (TPSA) is 92.3 Å². The molecule has 112 valence electrons. The van der Waals surface area contributed by atoms with Crippen LogP contribution < -0.4 is 14.8 Å². The molecule has 0 unspecified atom stereocenters. The summed E-state index contributed by atoms with van der Waals surface area (Å²) >= 11 is 0. The Morgan fingerprint density at radius 3 is 2.81 bits per heavy atom. The third-order valence-corrected chi connectivity index (χ3v) is 2.91. The van der Waals surface area contributed by atoms with Crippen molar-refractivity contribution in [1.82, 2.24) is 15.2 Å². The predicted octanol–water partition coefficient (Wildman–Crippen LogP) is 1.87. The van der Waals surface area contributed by atoms with Gasteiger partial charge in [0.2, 0.25) is 5.95 Å². The van der Waals surface area contributed by atoms with E-state index in [4.69, 9.17) is 9.47 Å². The van der Waals surface area contributed by atoms with Crippen molar-refractivity contribution in [3.63, 3.8) is 0 Å². The van der Waals surface area contributed by atoms with Crippen LogP contribution in [0.3, 0.4) is 0 Å². The van der Waals surface area contributed by atoms with Crippen LogP contribution in [0.25, 0.3) is 0 Å². The maximum atomic E-state index is 10.0. The van der Waals surface area contributed by atoms with Crippen molar-refractivity contribution >= 4 is 5.95 Å². The number of rotatable bonds is 7. The van der Waals surface area contributed by atoms with Crippen LogP contribution in [0.5, 0.6) is 17.5 Å². The van der Waals surface area contributed by atoms with Crippen LogP contribution in [-0.2, 0) is 13.0 Å². The number of anilines is 1. The average Bonchev–Trinajstić information content (AvgIpc) is 2.96. The molecule has 2 aromatic rings. The van der Waals surface area contributed by atoms with E-state index in [9.17, 15) is 5.11 Å². The quantitative estimate of drug-likeness (QED) is 0.674. The summed E-state index contributed by atoms with van der Waals surface area (Å²) in [6, 6.07) is 3.93. The molecule has 0 radical (unpaired) electrons. The number of H-pyrrole nitrogens is 1. The normalized spacial score (nSPS) is 10.2. The number of allylic oxidation sites excluding steroid dienone is 1. The Morgan fingerprint density at radius 2 is 2.19 bits per heavy atom. The second kappa shape index (κ2) is 6.65. The summed E-state index contributed by atoms with van der Waals surface area (Å²) in [6.45, 7) is 4.18. The number of aromatic amines is 1. The van der Waals surface area contributed by atoms with Crippen molar-refractivity contribution in [2.24, 2.45) is 0 Å². The highest BCUT2D eigenvalue weighted by molar-refractivity contribution is 5.49. The second-order valence-electron chi connectivity index (χ2n) is 4.32. The predicted molar refractivity (Wildman–Crippen MR) is 78.8 cm³/mol. The van der Waals surface area contributed by atoms with Gasteiger partial charge in [-0.2, -0.15) is 4.98 Å². The molecule has 1 aromatic carbocycles. The number of benzene rings is 1. The maximum absolute atomic E-state index is 10.0. The summed E-state index contributed by atoms with van der Waals surface area (Å²) < 4.78 is 10.1. The van der Waals surface area contributed by atoms with Gasteiger partial charge in [0.15, 0.2) is 11.5 Å². The van der Waals surface area contributed by atoms with Gasteiger partial charge in [-0.3, -0.25) is 0 Å². The van der Waals surface area contributed by atoms with E-state index in [1.807, 2.05) is 6.07 Å². The molecule has 1 aromatic heterocycles. The van der Waals surface area contributed by atoms with E-state index < -0.39 is 0 Å². The molecule has 0 saturated heterocycles. The molecule has 0 spiro atoms. The van der Waals surface area contributed by atoms with Crippen molar-refractivity contribution in [1.29, 1.82) is 0 Å². The van der Waals surface area contributed by atoms with Crippen LogP contribution in [0, 0.1) is 0 Å². The van der Waals surface area contributed by atoms with Gasteiger partial charge < -0.3 is 19.9 Å². The smallest absolute Gasteiger partial charge is 0.336 e. The first-order chi connectivity index (χ1) is 10.2. The lowest BCUT2D eigenvalue weighted by atomic mass is 10.1. The van der Waals surface area contributed by atoms with E-state index in [1.54, 1.807) is 12.1 Å². The van der Waals surface area contributed by atoms with E-state index in [2.05, 4.69) is 27.1 Å². The number of nitrogens with zero attached hydrogens (tertiary/aromatic N) is 2. The van der Waals surface area contributed by atoms with Gasteiger partial charge in [-0.25, -0.2) is 5.10 Å². The van der Waals surface area contributed by atoms with E-state index in [0.717, 1.165) is 11.1 Å². The fourth-order valence-electron chi connectivity index (χ4n) is 1.90. The number of hydrogen-bond donors (Lipinski definition) is 3. The number of hydrogen-bond acceptors (Lipinski definition) is 6. The molecule has 0 bridgehead atoms. The monoisotopic (exact) mass is 290 g/mol. The summed E-state index contributed by atoms with van der Waals surface area (Å²) in [6.07, 6.45) is 2.29. The van der Waals surface area contributed by atoms with Crippen molar-refractivity contribution < 1.29 is 14.6 Å². The fourth-order valence-corrected chi connectivity index (χ4v) is 1.90. The number of nitrogens with one attached hydrogen (secondary N) is 2. The Morgan fingerprint density at radius 1 is 1.38 bits per heavy atom. The molecule has 2 rings (SSSR count). The maximum Gasteiger partial charge on any atom is 0.336 e. The largest absolute Gasteiger partial charge is 0.504 e. The van der Waals surface area contributed by atoms with Gasteiger partial charge in [-0.1, -0.05) is 6.08 Å². The molecule has 0 fully saturated rings. The van der Waals surface area contributed by atoms with E-state index >= 15 is 0 Å². The molecule has 0 saturated carbocycles. The molecule has 0 aliphatic carbocycles. The molecule has 3 N–H and O–H groups in total. The highest BCUT2D eigenvalue weighted by atomic mass is 16.5. The van der Waals surface area contributed by atoms with Gasteiger partial charge in [0.1, 0.15) is 0 Å². The first-order valence-corrected chi connectivity index (χ1v) is 6.37. The molecule has 1 heterocycles. The molecule has 7 heteroatoms. The molecule has 0 amide bonds. The first-order valence-electron chi connectivity index (χ1n) is 6.37. The van der Waals surface area contributed by atoms with Crippen LogP contribution in [0.15, 0.2) is 24.8 Å². The Labute approximate surface area is 122 Å². The van der Waals surface area contributed by atoms with Crippen molar-refractivity contribution in [3.05, 3.63) is 35.9 Å². The standard InChI is InChI=1S/C14H18N4O3/c1-4-5-10-6-9(7-11(20-2)12(10)19)8-15-13-16-14(21-3)18-17-13/h4,6-7,19H,1,5,8H2,2-3H3,(H2,15,16,17,18). The molecule has 0 aliphatic rings. The lowest BCUT2D eigenvalue weighted by molar-refractivity contribution is 0.370. The molecule has 0 aliphatic heterocycles. The molecule has 21 heavy (non-hydrogen) atoms. The van der Waals surface area contributed by atoms with Crippen molar-refractivity contribution in [2.45, 2.75) is 13.0 Å². The van der Waals surface area contributed by atoms with Gasteiger partial charge in [-0.05, 0) is 24.1 Å². The van der Waals surface area contributed by atoms with Gasteiger partial charge in [0.05, 0.1) is 14.2 Å². The van der Waals surface area contributed by atoms with E-state index in [1.165, 1.54) is 14.2 Å². The summed E-state index contributed by atoms with van der Waals surface area (Å²) in [4.78, 5) is 4.07. The molecular weight excluding hydrogens is 272 g/mol. The van der Waals surface area contributed by atoms with Crippen LogP contribution in [0.2, 0.25) is 0 Å². The lowest BCUT2D eigenvalue weighted by Crippen LogP contribution is -2.02. The summed E-state index contributed by atoms with van der Waals surface area (Å²) in [5.74, 6) is 1.08. The Hall–Kier alpha value is -2.70. The number of phenolic OH excluding ortho intramolecular Hbond substituents is 1. The van der Waals surface area contributed by atoms with Gasteiger partial charge in [-0.15, -0.1) is 11.7 Å². The number of aromatic nitrogens is 3. The summed E-state index contributed by atoms with van der Waals surface area (Å²) in [7, 11) is 3.02. The van der Waals surface area contributed by atoms with E-state index in [0.29, 0.717) is 24.7 Å². The van der Waals surface area contributed by atoms with Crippen LogP contribution in [0.4, 0.5) is 5.95 Å². The molecule has 0 atom stereocenters. The van der Waals surface area contributed by atoms with Gasteiger partial charge >= 0.3 is 6.01 Å². The number of aromatic hydroxyl groups is 1.